The Labute approximate surface area is 141 Å². The molecule has 0 atom stereocenters. The Bertz CT molecular complexity index is 972. The maximum atomic E-state index is 13.5. The smallest absolute Gasteiger partial charge is 0.254 e. The van der Waals surface area contributed by atoms with Gasteiger partial charge in [0.2, 0.25) is 5.91 Å². The molecule has 0 saturated carbocycles. The third-order valence-electron chi connectivity index (χ3n) is 3.47. The number of hydrogen-bond donors (Lipinski definition) is 1. The van der Waals surface area contributed by atoms with E-state index in [1.165, 1.54) is 12.4 Å². The number of nitrogens with one attached hydrogen (secondary N) is 1. The van der Waals surface area contributed by atoms with Crippen LogP contribution in [0, 0.1) is 11.6 Å². The van der Waals surface area contributed by atoms with Gasteiger partial charge in [-0.05, 0) is 12.1 Å². The van der Waals surface area contributed by atoms with E-state index in [9.17, 15) is 18.4 Å². The van der Waals surface area contributed by atoms with E-state index in [-0.39, 0.29) is 12.2 Å². The van der Waals surface area contributed by atoms with Crippen LogP contribution >= 0.6 is 0 Å². The molecular weight excluding hydrogens is 328 g/mol. The molecule has 1 aromatic heterocycles. The average Bonchev–Trinajstić information content (AvgIpc) is 2.60. The van der Waals surface area contributed by atoms with Crippen LogP contribution in [-0.2, 0) is 11.3 Å². The predicted molar refractivity (Wildman–Crippen MR) is 88.9 cm³/mol. The maximum Gasteiger partial charge on any atom is 0.254 e. The van der Waals surface area contributed by atoms with E-state index in [2.05, 4.69) is 10.3 Å². The molecule has 0 aliphatic carbocycles. The third-order valence-corrected chi connectivity index (χ3v) is 3.47. The second kappa shape index (κ2) is 7.04. The molecule has 0 fully saturated rings. The van der Waals surface area contributed by atoms with Gasteiger partial charge in [0.25, 0.3) is 5.56 Å². The van der Waals surface area contributed by atoms with Crippen molar-refractivity contribution in [3.63, 3.8) is 0 Å². The second-order valence-electron chi connectivity index (χ2n) is 5.28. The van der Waals surface area contributed by atoms with Crippen molar-refractivity contribution in [3.05, 3.63) is 82.9 Å². The highest BCUT2D eigenvalue weighted by Crippen LogP contribution is 2.15. The van der Waals surface area contributed by atoms with Crippen molar-refractivity contribution >= 4 is 11.6 Å². The number of anilines is 1. The summed E-state index contributed by atoms with van der Waals surface area (Å²) in [5, 5.41) is 2.23. The van der Waals surface area contributed by atoms with Gasteiger partial charge in [0.1, 0.15) is 18.2 Å². The van der Waals surface area contributed by atoms with Gasteiger partial charge in [-0.3, -0.25) is 14.2 Å². The highest BCUT2D eigenvalue weighted by atomic mass is 19.1. The Balaban J connectivity index is 1.76. The number of aromatic nitrogens is 2. The highest BCUT2D eigenvalue weighted by Gasteiger charge is 2.10. The lowest BCUT2D eigenvalue weighted by Crippen LogP contribution is -2.27. The molecule has 25 heavy (non-hydrogen) atoms. The van der Waals surface area contributed by atoms with Gasteiger partial charge in [0, 0.05) is 17.7 Å². The summed E-state index contributed by atoms with van der Waals surface area (Å²) in [7, 11) is 0. The van der Waals surface area contributed by atoms with Crippen LogP contribution in [-0.4, -0.2) is 15.5 Å². The highest BCUT2D eigenvalue weighted by molar-refractivity contribution is 5.90. The summed E-state index contributed by atoms with van der Waals surface area (Å²) >= 11 is 0. The lowest BCUT2D eigenvalue weighted by molar-refractivity contribution is -0.116. The number of carbonyl (C=O) groups is 1. The molecule has 3 aromatic rings. The van der Waals surface area contributed by atoms with E-state index in [1.807, 2.05) is 30.3 Å². The standard InChI is InChI=1S/C18H13F2N3O2/c19-13-6-7-14(20)16(8-13)22-17(24)10-23-11-21-15(9-18(23)25)12-4-2-1-3-5-12/h1-9,11H,10H2,(H,22,24). The Morgan fingerprint density at radius 3 is 2.56 bits per heavy atom. The zero-order chi connectivity index (χ0) is 17.8. The number of hydrogen-bond acceptors (Lipinski definition) is 3. The van der Waals surface area contributed by atoms with Crippen molar-refractivity contribution < 1.29 is 13.6 Å². The zero-order valence-corrected chi connectivity index (χ0v) is 12.9. The third kappa shape index (κ3) is 3.95. The first kappa shape index (κ1) is 16.5. The fraction of sp³-hybridized carbons (Fsp3) is 0.0556. The molecule has 0 aliphatic rings. The summed E-state index contributed by atoms with van der Waals surface area (Å²) in [5.41, 5.74) is 0.548. The van der Waals surface area contributed by atoms with Crippen molar-refractivity contribution in [1.82, 2.24) is 9.55 Å². The van der Waals surface area contributed by atoms with Gasteiger partial charge in [0.15, 0.2) is 0 Å². The molecular formula is C18H13F2N3O2. The van der Waals surface area contributed by atoms with Gasteiger partial charge < -0.3 is 5.32 Å². The Hall–Kier alpha value is -3.35. The minimum atomic E-state index is -0.764. The van der Waals surface area contributed by atoms with Crippen LogP contribution in [0.1, 0.15) is 0 Å². The van der Waals surface area contributed by atoms with E-state index < -0.39 is 23.1 Å². The molecule has 0 aliphatic heterocycles. The van der Waals surface area contributed by atoms with Crippen LogP contribution in [0.2, 0.25) is 0 Å². The first-order valence-corrected chi connectivity index (χ1v) is 7.40. The van der Waals surface area contributed by atoms with E-state index in [0.29, 0.717) is 5.69 Å². The molecule has 0 saturated heterocycles. The van der Waals surface area contributed by atoms with Crippen molar-refractivity contribution in [3.8, 4) is 11.3 Å². The molecule has 2 aromatic carbocycles. The molecule has 0 bridgehead atoms. The van der Waals surface area contributed by atoms with E-state index in [0.717, 1.165) is 28.3 Å². The van der Waals surface area contributed by atoms with Crippen LogP contribution in [0.15, 0.2) is 65.7 Å². The van der Waals surface area contributed by atoms with Crippen molar-refractivity contribution in [2.75, 3.05) is 5.32 Å². The lowest BCUT2D eigenvalue weighted by atomic mass is 10.1. The van der Waals surface area contributed by atoms with Crippen LogP contribution in [0.3, 0.4) is 0 Å². The first-order valence-electron chi connectivity index (χ1n) is 7.40. The molecule has 0 spiro atoms. The summed E-state index contributed by atoms with van der Waals surface area (Å²) in [5.74, 6) is -2.11. The molecule has 0 unspecified atom stereocenters. The Kier molecular flexibility index (Phi) is 4.65. The predicted octanol–water partition coefficient (Wildman–Crippen LogP) is 2.83. The minimum Gasteiger partial charge on any atom is -0.322 e. The van der Waals surface area contributed by atoms with Crippen molar-refractivity contribution in [1.29, 1.82) is 0 Å². The number of amides is 1. The fourth-order valence-electron chi connectivity index (χ4n) is 2.25. The van der Waals surface area contributed by atoms with Gasteiger partial charge in [-0.25, -0.2) is 13.8 Å². The van der Waals surface area contributed by atoms with Crippen LogP contribution < -0.4 is 10.9 Å². The van der Waals surface area contributed by atoms with Gasteiger partial charge in [-0.15, -0.1) is 0 Å². The van der Waals surface area contributed by atoms with Gasteiger partial charge in [0.05, 0.1) is 17.7 Å². The molecule has 7 heteroatoms. The summed E-state index contributed by atoms with van der Waals surface area (Å²) < 4.78 is 27.7. The van der Waals surface area contributed by atoms with E-state index >= 15 is 0 Å². The number of halogens is 2. The molecule has 5 nitrogen and oxygen atoms in total. The minimum absolute atomic E-state index is 0.285. The molecule has 1 heterocycles. The average molecular weight is 341 g/mol. The normalized spacial score (nSPS) is 10.5. The summed E-state index contributed by atoms with van der Waals surface area (Å²) in [4.78, 5) is 28.2. The lowest BCUT2D eigenvalue weighted by Gasteiger charge is -2.09. The van der Waals surface area contributed by atoms with E-state index in [1.54, 1.807) is 0 Å². The van der Waals surface area contributed by atoms with Crippen LogP contribution in [0.25, 0.3) is 11.3 Å². The summed E-state index contributed by atoms with van der Waals surface area (Å²) in [6.07, 6.45) is 1.24. The second-order valence-corrected chi connectivity index (χ2v) is 5.28. The summed E-state index contributed by atoms with van der Waals surface area (Å²) in [6.45, 7) is -0.364. The molecule has 1 amide bonds. The Morgan fingerprint density at radius 1 is 1.08 bits per heavy atom. The number of benzene rings is 2. The number of carbonyl (C=O) groups excluding carboxylic acids is 1. The fourth-order valence-corrected chi connectivity index (χ4v) is 2.25. The molecule has 3 rings (SSSR count). The topological polar surface area (TPSA) is 64.0 Å². The molecule has 1 N–H and O–H groups in total. The van der Waals surface area contributed by atoms with Gasteiger partial charge in [-0.2, -0.15) is 0 Å². The van der Waals surface area contributed by atoms with Crippen LogP contribution in [0.5, 0.6) is 0 Å². The largest absolute Gasteiger partial charge is 0.322 e. The van der Waals surface area contributed by atoms with Gasteiger partial charge in [-0.1, -0.05) is 30.3 Å². The van der Waals surface area contributed by atoms with Gasteiger partial charge >= 0.3 is 0 Å². The SMILES string of the molecule is O=C(Cn1cnc(-c2ccccc2)cc1=O)Nc1cc(F)ccc1F. The van der Waals surface area contributed by atoms with Crippen molar-refractivity contribution in [2.45, 2.75) is 6.54 Å². The number of rotatable bonds is 4. The first-order chi connectivity index (χ1) is 12.0. The Morgan fingerprint density at radius 2 is 1.84 bits per heavy atom. The van der Waals surface area contributed by atoms with Crippen LogP contribution in [0.4, 0.5) is 14.5 Å². The summed E-state index contributed by atoms with van der Waals surface area (Å²) in [6, 6.07) is 13.2. The van der Waals surface area contributed by atoms with Crippen molar-refractivity contribution in [2.24, 2.45) is 0 Å². The quantitative estimate of drug-likeness (QED) is 0.794. The molecule has 126 valence electrons. The maximum absolute atomic E-state index is 13.5. The zero-order valence-electron chi connectivity index (χ0n) is 12.9. The number of nitrogens with zero attached hydrogens (tertiary/aromatic N) is 2. The molecule has 0 radical (unpaired) electrons. The van der Waals surface area contributed by atoms with E-state index in [4.69, 9.17) is 0 Å². The monoisotopic (exact) mass is 341 g/mol.